The molecule has 0 bridgehead atoms. The average Bonchev–Trinajstić information content (AvgIpc) is 3.35. The molecule has 0 atom stereocenters. The third-order valence-electron chi connectivity index (χ3n) is 4.39. The number of nitrogens with zero attached hydrogens (tertiary/aromatic N) is 6. The first-order valence-electron chi connectivity index (χ1n) is 8.33. The maximum absolute atomic E-state index is 13.1. The van der Waals surface area contributed by atoms with E-state index in [0.29, 0.717) is 48.4 Å². The molecule has 27 heavy (non-hydrogen) atoms. The highest BCUT2D eigenvalue weighted by molar-refractivity contribution is 7.91. The highest BCUT2D eigenvalue weighted by Crippen LogP contribution is 2.22. The average molecular weight is 408 g/mol. The van der Waals surface area contributed by atoms with Gasteiger partial charge in [0.2, 0.25) is 0 Å². The summed E-state index contributed by atoms with van der Waals surface area (Å²) in [6.45, 7) is 2.48. The van der Waals surface area contributed by atoms with E-state index in [1.807, 2.05) is 0 Å². The summed E-state index contributed by atoms with van der Waals surface area (Å²) in [5.41, 5.74) is 0.676. The number of rotatable bonds is 5. The van der Waals surface area contributed by atoms with Gasteiger partial charge in [0.15, 0.2) is 5.82 Å². The second-order valence-corrected chi connectivity index (χ2v) is 9.21. The van der Waals surface area contributed by atoms with Gasteiger partial charge in [-0.05, 0) is 46.1 Å². The number of sulfonamides is 1. The van der Waals surface area contributed by atoms with E-state index in [4.69, 9.17) is 0 Å². The van der Waals surface area contributed by atoms with Gasteiger partial charge in [0.1, 0.15) is 10.0 Å². The zero-order valence-corrected chi connectivity index (χ0v) is 15.9. The van der Waals surface area contributed by atoms with E-state index in [9.17, 15) is 12.8 Å². The molecule has 1 aromatic carbocycles. The zero-order valence-electron chi connectivity index (χ0n) is 14.3. The normalized spacial score (nSPS) is 16.6. The molecule has 1 saturated heterocycles. The van der Waals surface area contributed by atoms with Crippen LogP contribution < -0.4 is 0 Å². The van der Waals surface area contributed by atoms with Crippen molar-refractivity contribution in [1.29, 1.82) is 0 Å². The summed E-state index contributed by atoms with van der Waals surface area (Å²) < 4.78 is 41.7. The molecule has 1 aliphatic heterocycles. The number of tetrazole rings is 1. The van der Waals surface area contributed by atoms with Gasteiger partial charge in [-0.15, -0.1) is 16.4 Å². The number of hydrogen-bond acceptors (Lipinski definition) is 7. The molecule has 3 aromatic rings. The minimum atomic E-state index is -3.42. The summed E-state index contributed by atoms with van der Waals surface area (Å²) in [6, 6.07) is 9.30. The maximum Gasteiger partial charge on any atom is 0.252 e. The molecule has 3 heterocycles. The molecule has 142 valence electrons. The van der Waals surface area contributed by atoms with E-state index in [-0.39, 0.29) is 5.82 Å². The number of halogens is 1. The molecule has 0 amide bonds. The quantitative estimate of drug-likeness (QED) is 0.634. The molecule has 11 heteroatoms. The van der Waals surface area contributed by atoms with E-state index in [2.05, 4.69) is 20.4 Å². The molecule has 1 aliphatic rings. The van der Waals surface area contributed by atoms with Crippen LogP contribution >= 0.6 is 11.3 Å². The Hall–Kier alpha value is -2.21. The van der Waals surface area contributed by atoms with Gasteiger partial charge in [0.05, 0.1) is 12.2 Å². The summed E-state index contributed by atoms with van der Waals surface area (Å²) in [5.74, 6) is 0.299. The lowest BCUT2D eigenvalue weighted by molar-refractivity contribution is 0.177. The van der Waals surface area contributed by atoms with Crippen LogP contribution in [-0.2, 0) is 16.6 Å². The highest BCUT2D eigenvalue weighted by Gasteiger charge is 2.29. The molecule has 0 radical (unpaired) electrons. The largest absolute Gasteiger partial charge is 0.293 e. The Morgan fingerprint density at radius 3 is 2.48 bits per heavy atom. The SMILES string of the molecule is O=S(=O)(c1cccs1)N1CCN(Cc2nnnn2-c2ccc(F)cc2)CC1. The van der Waals surface area contributed by atoms with Crippen molar-refractivity contribution in [2.45, 2.75) is 10.8 Å². The van der Waals surface area contributed by atoms with E-state index in [0.717, 1.165) is 0 Å². The van der Waals surface area contributed by atoms with Crippen LogP contribution in [0.5, 0.6) is 0 Å². The van der Waals surface area contributed by atoms with Crippen LogP contribution in [0, 0.1) is 5.82 Å². The Labute approximate surface area is 159 Å². The van der Waals surface area contributed by atoms with Gasteiger partial charge in [-0.1, -0.05) is 6.07 Å². The van der Waals surface area contributed by atoms with Crippen molar-refractivity contribution in [3.05, 3.63) is 53.4 Å². The summed E-state index contributed by atoms with van der Waals surface area (Å²) in [5, 5.41) is 13.5. The van der Waals surface area contributed by atoms with Crippen molar-refractivity contribution in [3.63, 3.8) is 0 Å². The molecule has 0 unspecified atom stereocenters. The third kappa shape index (κ3) is 3.76. The van der Waals surface area contributed by atoms with Crippen molar-refractivity contribution in [3.8, 4) is 5.69 Å². The third-order valence-corrected chi connectivity index (χ3v) is 7.66. The molecule has 2 aromatic heterocycles. The lowest BCUT2D eigenvalue weighted by atomic mass is 10.3. The van der Waals surface area contributed by atoms with Crippen molar-refractivity contribution in [2.75, 3.05) is 26.2 Å². The molecular formula is C16H17FN6O2S2. The predicted molar refractivity (Wildman–Crippen MR) is 97.5 cm³/mol. The first-order chi connectivity index (χ1) is 13.0. The van der Waals surface area contributed by atoms with Crippen LogP contribution in [0.25, 0.3) is 5.69 Å². The molecular weight excluding hydrogens is 391 g/mol. The fourth-order valence-electron chi connectivity index (χ4n) is 2.95. The van der Waals surface area contributed by atoms with Gasteiger partial charge in [-0.2, -0.15) is 8.99 Å². The summed E-state index contributed by atoms with van der Waals surface area (Å²) >= 11 is 1.23. The topological polar surface area (TPSA) is 84.2 Å². The Morgan fingerprint density at radius 1 is 1.07 bits per heavy atom. The molecule has 8 nitrogen and oxygen atoms in total. The van der Waals surface area contributed by atoms with Crippen LogP contribution in [0.4, 0.5) is 4.39 Å². The van der Waals surface area contributed by atoms with Crippen molar-refractivity contribution >= 4 is 21.4 Å². The Kier molecular flexibility index (Phi) is 5.00. The van der Waals surface area contributed by atoms with E-state index in [1.165, 1.54) is 27.8 Å². The molecule has 0 aliphatic carbocycles. The van der Waals surface area contributed by atoms with Crippen LogP contribution in [0.1, 0.15) is 5.82 Å². The maximum atomic E-state index is 13.1. The standard InChI is InChI=1S/C16H17FN6O2S2/c17-13-3-5-14(6-4-13)23-15(18-19-20-23)12-21-7-9-22(10-8-21)27(24,25)16-2-1-11-26-16/h1-6,11H,7-10,12H2. The van der Waals surface area contributed by atoms with Gasteiger partial charge in [0.25, 0.3) is 10.0 Å². The van der Waals surface area contributed by atoms with E-state index < -0.39 is 10.0 Å². The monoisotopic (exact) mass is 408 g/mol. The van der Waals surface area contributed by atoms with Gasteiger partial charge in [0, 0.05) is 26.2 Å². The number of benzene rings is 1. The summed E-state index contributed by atoms with van der Waals surface area (Å²) in [4.78, 5) is 2.10. The van der Waals surface area contributed by atoms with Crippen molar-refractivity contribution in [2.24, 2.45) is 0 Å². The minimum Gasteiger partial charge on any atom is -0.293 e. The second-order valence-electron chi connectivity index (χ2n) is 6.10. The molecule has 1 fully saturated rings. The molecule has 0 saturated carbocycles. The van der Waals surface area contributed by atoms with Crippen LogP contribution in [0.15, 0.2) is 46.0 Å². The number of hydrogen-bond donors (Lipinski definition) is 0. The van der Waals surface area contributed by atoms with Crippen molar-refractivity contribution in [1.82, 2.24) is 29.4 Å². The minimum absolute atomic E-state index is 0.323. The lowest BCUT2D eigenvalue weighted by Crippen LogP contribution is -2.48. The smallest absolute Gasteiger partial charge is 0.252 e. The second kappa shape index (κ2) is 7.43. The predicted octanol–water partition coefficient (Wildman–Crippen LogP) is 1.37. The fraction of sp³-hybridized carbons (Fsp3) is 0.312. The van der Waals surface area contributed by atoms with Gasteiger partial charge in [-0.3, -0.25) is 4.90 Å². The Balaban J connectivity index is 1.42. The number of aromatic nitrogens is 4. The van der Waals surface area contributed by atoms with Gasteiger partial charge in [-0.25, -0.2) is 12.8 Å². The fourth-order valence-corrected chi connectivity index (χ4v) is 5.52. The Morgan fingerprint density at radius 2 is 1.81 bits per heavy atom. The van der Waals surface area contributed by atoms with Gasteiger partial charge >= 0.3 is 0 Å². The zero-order chi connectivity index (χ0) is 18.9. The summed E-state index contributed by atoms with van der Waals surface area (Å²) in [7, 11) is -3.42. The molecule has 4 rings (SSSR count). The first-order valence-corrected chi connectivity index (χ1v) is 10.7. The number of thiophene rings is 1. The Bertz CT molecular complexity index is 996. The van der Waals surface area contributed by atoms with E-state index >= 15 is 0 Å². The van der Waals surface area contributed by atoms with Gasteiger partial charge < -0.3 is 0 Å². The van der Waals surface area contributed by atoms with E-state index in [1.54, 1.807) is 34.3 Å². The molecule has 0 spiro atoms. The number of piperazine rings is 1. The van der Waals surface area contributed by atoms with Crippen LogP contribution in [0.3, 0.4) is 0 Å². The highest BCUT2D eigenvalue weighted by atomic mass is 32.2. The van der Waals surface area contributed by atoms with Crippen LogP contribution in [0.2, 0.25) is 0 Å². The van der Waals surface area contributed by atoms with Crippen molar-refractivity contribution < 1.29 is 12.8 Å². The van der Waals surface area contributed by atoms with Crippen LogP contribution in [-0.4, -0.2) is 64.0 Å². The molecule has 0 N–H and O–H groups in total. The lowest BCUT2D eigenvalue weighted by Gasteiger charge is -2.33. The first kappa shape index (κ1) is 18.2. The summed E-state index contributed by atoms with van der Waals surface area (Å²) in [6.07, 6.45) is 0.